The van der Waals surface area contributed by atoms with Gasteiger partial charge in [-0.2, -0.15) is 0 Å². The molecule has 5 heteroatoms. The molecule has 2 rings (SSSR count). The van der Waals surface area contributed by atoms with Gasteiger partial charge >= 0.3 is 0 Å². The molecule has 2 aromatic rings. The van der Waals surface area contributed by atoms with Gasteiger partial charge in [0.15, 0.2) is 0 Å². The van der Waals surface area contributed by atoms with E-state index in [9.17, 15) is 0 Å². The van der Waals surface area contributed by atoms with E-state index in [2.05, 4.69) is 4.98 Å². The highest BCUT2D eigenvalue weighted by Crippen LogP contribution is 2.37. The first-order valence-corrected chi connectivity index (χ1v) is 5.91. The normalized spacial score (nSPS) is 10.4. The summed E-state index contributed by atoms with van der Waals surface area (Å²) in [6, 6.07) is 7.00. The summed E-state index contributed by atoms with van der Waals surface area (Å²) in [5, 5.41) is 1.14. The van der Waals surface area contributed by atoms with Crippen LogP contribution in [-0.4, -0.2) is 12.1 Å². The van der Waals surface area contributed by atoms with Crippen molar-refractivity contribution in [2.24, 2.45) is 0 Å². The van der Waals surface area contributed by atoms with E-state index in [1.165, 1.54) is 0 Å². The van der Waals surface area contributed by atoms with Gasteiger partial charge in [-0.25, -0.2) is 0 Å². The van der Waals surface area contributed by atoms with Crippen molar-refractivity contribution in [1.29, 1.82) is 0 Å². The minimum atomic E-state index is 0.329. The van der Waals surface area contributed by atoms with Crippen LogP contribution in [0.2, 0.25) is 15.1 Å². The highest BCUT2D eigenvalue weighted by atomic mass is 35.5. The summed E-state index contributed by atoms with van der Waals surface area (Å²) < 4.78 is 5.13. The molecule has 0 amide bonds. The molecule has 0 aliphatic carbocycles. The first-order chi connectivity index (χ1) is 8.13. The Hall–Kier alpha value is -0.960. The molecule has 88 valence electrons. The third-order valence-corrected chi connectivity index (χ3v) is 3.57. The van der Waals surface area contributed by atoms with Gasteiger partial charge in [-0.15, -0.1) is 0 Å². The summed E-state index contributed by atoms with van der Waals surface area (Å²) in [7, 11) is 1.59. The number of halogens is 3. The molecule has 2 nitrogen and oxygen atoms in total. The molecule has 0 radical (unpaired) electrons. The predicted molar refractivity (Wildman–Crippen MR) is 71.3 cm³/mol. The number of benzene rings is 1. The maximum Gasteiger partial charge on any atom is 0.122 e. The number of nitrogens with zero attached hydrogens (tertiary/aromatic N) is 1. The van der Waals surface area contributed by atoms with Gasteiger partial charge in [0.25, 0.3) is 0 Å². The van der Waals surface area contributed by atoms with E-state index < -0.39 is 0 Å². The molecule has 0 unspecified atom stereocenters. The van der Waals surface area contributed by atoms with Gasteiger partial charge in [0.2, 0.25) is 0 Å². The zero-order valence-corrected chi connectivity index (χ0v) is 11.1. The van der Waals surface area contributed by atoms with Crippen molar-refractivity contribution in [2.75, 3.05) is 7.11 Å². The zero-order valence-electron chi connectivity index (χ0n) is 8.88. The first-order valence-electron chi connectivity index (χ1n) is 4.77. The van der Waals surface area contributed by atoms with Crippen LogP contribution in [0.25, 0.3) is 11.3 Å². The third-order valence-electron chi connectivity index (χ3n) is 2.28. The second-order valence-electron chi connectivity index (χ2n) is 3.30. The third kappa shape index (κ3) is 2.49. The summed E-state index contributed by atoms with van der Waals surface area (Å²) in [5.74, 6) is 0.706. The van der Waals surface area contributed by atoms with Crippen LogP contribution >= 0.6 is 34.8 Å². The number of rotatable bonds is 2. The second-order valence-corrected chi connectivity index (χ2v) is 4.47. The monoisotopic (exact) mass is 287 g/mol. The van der Waals surface area contributed by atoms with E-state index in [1.807, 2.05) is 0 Å². The van der Waals surface area contributed by atoms with Crippen molar-refractivity contribution >= 4 is 34.8 Å². The fourth-order valence-corrected chi connectivity index (χ4v) is 2.04. The van der Waals surface area contributed by atoms with Crippen molar-refractivity contribution in [2.45, 2.75) is 0 Å². The Morgan fingerprint density at radius 3 is 2.53 bits per heavy atom. The van der Waals surface area contributed by atoms with Crippen LogP contribution in [0.4, 0.5) is 0 Å². The van der Waals surface area contributed by atoms with Crippen LogP contribution in [-0.2, 0) is 0 Å². The molecular formula is C12H8Cl3NO. The molecule has 0 saturated carbocycles. The van der Waals surface area contributed by atoms with Gasteiger partial charge in [-0.3, -0.25) is 4.98 Å². The van der Waals surface area contributed by atoms with Crippen molar-refractivity contribution in [1.82, 2.24) is 4.98 Å². The number of ether oxygens (including phenoxy) is 1. The molecule has 1 aromatic carbocycles. The van der Waals surface area contributed by atoms with Crippen LogP contribution in [0.15, 0.2) is 30.5 Å². The molecule has 0 N–H and O–H groups in total. The topological polar surface area (TPSA) is 22.1 Å². The Morgan fingerprint density at radius 2 is 1.82 bits per heavy atom. The van der Waals surface area contributed by atoms with E-state index in [0.717, 1.165) is 5.56 Å². The lowest BCUT2D eigenvalue weighted by molar-refractivity contribution is 0.414. The number of pyridine rings is 1. The lowest BCUT2D eigenvalue weighted by atomic mass is 10.1. The van der Waals surface area contributed by atoms with Gasteiger partial charge in [-0.1, -0.05) is 34.8 Å². The highest BCUT2D eigenvalue weighted by molar-refractivity contribution is 6.49. The maximum atomic E-state index is 6.13. The smallest absolute Gasteiger partial charge is 0.122 e. The van der Waals surface area contributed by atoms with Gasteiger partial charge < -0.3 is 4.74 Å². The van der Waals surface area contributed by atoms with Crippen LogP contribution in [0, 0.1) is 0 Å². The maximum absolute atomic E-state index is 6.13. The SMILES string of the molecule is COc1ccnc(-c2ccc(Cl)c(Cl)c2Cl)c1. The van der Waals surface area contributed by atoms with Crippen LogP contribution < -0.4 is 4.74 Å². The van der Waals surface area contributed by atoms with Crippen molar-refractivity contribution in [3.8, 4) is 17.0 Å². The van der Waals surface area contributed by atoms with Gasteiger partial charge in [-0.05, 0) is 18.2 Å². The molecule has 0 spiro atoms. The van der Waals surface area contributed by atoms with Crippen LogP contribution in [0.5, 0.6) is 5.75 Å². The quantitative estimate of drug-likeness (QED) is 0.746. The van der Waals surface area contributed by atoms with E-state index in [-0.39, 0.29) is 0 Å². The minimum Gasteiger partial charge on any atom is -0.497 e. The summed E-state index contributed by atoms with van der Waals surface area (Å²) in [6.45, 7) is 0. The van der Waals surface area contributed by atoms with Gasteiger partial charge in [0.05, 0.1) is 27.9 Å². The van der Waals surface area contributed by atoms with Gasteiger partial charge in [0.1, 0.15) is 5.75 Å². The van der Waals surface area contributed by atoms with E-state index >= 15 is 0 Å². The summed E-state index contributed by atoms with van der Waals surface area (Å²) in [5.41, 5.74) is 1.41. The number of hydrogen-bond donors (Lipinski definition) is 0. The predicted octanol–water partition coefficient (Wildman–Crippen LogP) is 4.72. The largest absolute Gasteiger partial charge is 0.497 e. The lowest BCUT2D eigenvalue weighted by Gasteiger charge is -2.07. The van der Waals surface area contributed by atoms with E-state index in [0.29, 0.717) is 26.5 Å². The molecule has 0 aliphatic heterocycles. The fourth-order valence-electron chi connectivity index (χ4n) is 1.41. The molecule has 0 aliphatic rings. The lowest BCUT2D eigenvalue weighted by Crippen LogP contribution is -1.88. The van der Waals surface area contributed by atoms with E-state index in [1.54, 1.807) is 37.6 Å². The molecule has 17 heavy (non-hydrogen) atoms. The standard InChI is InChI=1S/C12H8Cl3NO/c1-17-7-4-5-16-10(6-7)8-2-3-9(13)12(15)11(8)14/h2-6H,1H3. The van der Waals surface area contributed by atoms with Crippen LogP contribution in [0.1, 0.15) is 0 Å². The Kier molecular flexibility index (Phi) is 3.77. The Bertz CT molecular complexity index is 557. The molecule has 0 saturated heterocycles. The van der Waals surface area contributed by atoms with Gasteiger partial charge in [0, 0.05) is 17.8 Å². The van der Waals surface area contributed by atoms with Crippen molar-refractivity contribution in [3.63, 3.8) is 0 Å². The molecule has 1 aromatic heterocycles. The Labute approximate surface area is 114 Å². The Balaban J connectivity index is 2.56. The fraction of sp³-hybridized carbons (Fsp3) is 0.0833. The minimum absolute atomic E-state index is 0.329. The second kappa shape index (κ2) is 5.13. The van der Waals surface area contributed by atoms with E-state index in [4.69, 9.17) is 39.5 Å². The van der Waals surface area contributed by atoms with Crippen molar-refractivity contribution in [3.05, 3.63) is 45.5 Å². The zero-order chi connectivity index (χ0) is 12.4. The number of methoxy groups -OCH3 is 1. The summed E-state index contributed by atoms with van der Waals surface area (Å²) in [6.07, 6.45) is 1.65. The molecule has 0 fully saturated rings. The summed E-state index contributed by atoms with van der Waals surface area (Å²) >= 11 is 18.0. The molecular weight excluding hydrogens is 280 g/mol. The van der Waals surface area contributed by atoms with Crippen LogP contribution in [0.3, 0.4) is 0 Å². The average Bonchev–Trinajstić information content (AvgIpc) is 2.36. The summed E-state index contributed by atoms with van der Waals surface area (Å²) in [4.78, 5) is 4.22. The molecule has 1 heterocycles. The molecule has 0 bridgehead atoms. The average molecular weight is 289 g/mol. The first kappa shape index (κ1) is 12.5. The molecule has 0 atom stereocenters. The number of aromatic nitrogens is 1. The highest BCUT2D eigenvalue weighted by Gasteiger charge is 2.11. The van der Waals surface area contributed by atoms with Crippen molar-refractivity contribution < 1.29 is 4.74 Å². The number of hydrogen-bond acceptors (Lipinski definition) is 2. The Morgan fingerprint density at radius 1 is 1.06 bits per heavy atom.